The van der Waals surface area contributed by atoms with Crippen LogP contribution in [0.3, 0.4) is 0 Å². The van der Waals surface area contributed by atoms with E-state index in [4.69, 9.17) is 16.3 Å². The zero-order valence-corrected chi connectivity index (χ0v) is 9.81. The Labute approximate surface area is 99.1 Å². The minimum atomic E-state index is -0.780. The van der Waals surface area contributed by atoms with Gasteiger partial charge in [-0.3, -0.25) is 9.80 Å². The molecule has 5 nitrogen and oxygen atoms in total. The van der Waals surface area contributed by atoms with Crippen LogP contribution < -0.4 is 16.3 Å². The lowest BCUT2D eigenvalue weighted by Gasteiger charge is -2.16. The summed E-state index contributed by atoms with van der Waals surface area (Å²) in [5.41, 5.74) is 6.26. The molecule has 0 aliphatic heterocycles. The van der Waals surface area contributed by atoms with E-state index in [9.17, 15) is 9.18 Å². The van der Waals surface area contributed by atoms with E-state index in [-0.39, 0.29) is 12.2 Å². The number of likely N-dealkylation sites (N-methyl/N-ethyl adjacent to an activating group) is 1. The Hall–Kier alpha value is -1.66. The van der Waals surface area contributed by atoms with Crippen molar-refractivity contribution in [1.29, 1.82) is 0 Å². The predicted molar refractivity (Wildman–Crippen MR) is 61.6 cm³/mol. The first-order valence-corrected chi connectivity index (χ1v) is 5.06. The average Bonchev–Trinajstić information content (AvgIpc) is 2.28. The van der Waals surface area contributed by atoms with Crippen LogP contribution in [0.2, 0.25) is 0 Å². The van der Waals surface area contributed by atoms with Gasteiger partial charge in [0, 0.05) is 7.05 Å². The Morgan fingerprint density at radius 2 is 2.24 bits per heavy atom. The van der Waals surface area contributed by atoms with Crippen LogP contribution in [0.15, 0.2) is 18.2 Å². The third kappa shape index (κ3) is 3.40. The van der Waals surface area contributed by atoms with Gasteiger partial charge >= 0.3 is 0 Å². The molecule has 1 rings (SSSR count). The van der Waals surface area contributed by atoms with E-state index < -0.39 is 17.8 Å². The van der Waals surface area contributed by atoms with Crippen LogP contribution in [0.1, 0.15) is 5.56 Å². The van der Waals surface area contributed by atoms with E-state index in [1.54, 1.807) is 6.07 Å². The van der Waals surface area contributed by atoms with Crippen molar-refractivity contribution in [3.63, 3.8) is 0 Å². The van der Waals surface area contributed by atoms with Gasteiger partial charge in [0.05, 0.1) is 13.2 Å². The van der Waals surface area contributed by atoms with E-state index in [1.807, 2.05) is 0 Å². The number of nitrogens with zero attached hydrogens (tertiary/aromatic N) is 1. The molecule has 94 valence electrons. The molecule has 0 heterocycles. The fraction of sp³-hybridized carbons (Fsp3) is 0.364. The maximum Gasteiger partial charge on any atom is 0.253 e. The van der Waals surface area contributed by atoms with Crippen molar-refractivity contribution < 1.29 is 13.9 Å². The number of hydrazine groups is 1. The fourth-order valence-electron chi connectivity index (χ4n) is 1.44. The largest absolute Gasteiger partial charge is 0.494 e. The number of hydrogen-bond acceptors (Lipinski definition) is 4. The van der Waals surface area contributed by atoms with Gasteiger partial charge in [-0.15, -0.1) is 0 Å². The van der Waals surface area contributed by atoms with E-state index in [1.165, 1.54) is 26.3 Å². The second kappa shape index (κ2) is 5.60. The molecule has 1 aromatic rings. The number of hydrogen-bond donors (Lipinski definition) is 2. The van der Waals surface area contributed by atoms with E-state index in [0.717, 1.165) is 5.01 Å². The molecule has 4 N–H and O–H groups in total. The minimum absolute atomic E-state index is 0.157. The average molecular weight is 241 g/mol. The fourth-order valence-corrected chi connectivity index (χ4v) is 1.44. The summed E-state index contributed by atoms with van der Waals surface area (Å²) in [7, 11) is 2.80. The van der Waals surface area contributed by atoms with Gasteiger partial charge in [-0.2, -0.15) is 0 Å². The number of carbonyl (C=O) groups is 1. The summed E-state index contributed by atoms with van der Waals surface area (Å²) in [6.45, 7) is 0. The number of halogens is 1. The Kier molecular flexibility index (Phi) is 4.42. The summed E-state index contributed by atoms with van der Waals surface area (Å²) in [6.07, 6.45) is 0.223. The number of ether oxygens (including phenoxy) is 1. The monoisotopic (exact) mass is 241 g/mol. The molecule has 0 saturated carbocycles. The summed E-state index contributed by atoms with van der Waals surface area (Å²) in [4.78, 5) is 11.4. The van der Waals surface area contributed by atoms with Gasteiger partial charge in [-0.25, -0.2) is 10.2 Å². The SMILES string of the molecule is COc1ccc(CC(N)C(=O)N(C)N)cc1F. The van der Waals surface area contributed by atoms with Gasteiger partial charge in [0.25, 0.3) is 5.91 Å². The van der Waals surface area contributed by atoms with Crippen molar-refractivity contribution in [2.24, 2.45) is 11.6 Å². The van der Waals surface area contributed by atoms with Gasteiger partial charge in [-0.05, 0) is 24.1 Å². The van der Waals surface area contributed by atoms with Gasteiger partial charge in [0.15, 0.2) is 11.6 Å². The van der Waals surface area contributed by atoms with Gasteiger partial charge in [0.1, 0.15) is 0 Å². The molecule has 17 heavy (non-hydrogen) atoms. The molecule has 0 saturated heterocycles. The lowest BCUT2D eigenvalue weighted by Crippen LogP contribution is -2.46. The summed E-state index contributed by atoms with van der Waals surface area (Å²) < 4.78 is 18.2. The van der Waals surface area contributed by atoms with E-state index in [0.29, 0.717) is 5.56 Å². The number of benzene rings is 1. The zero-order valence-electron chi connectivity index (χ0n) is 9.81. The molecule has 0 spiro atoms. The first kappa shape index (κ1) is 13.4. The first-order valence-electron chi connectivity index (χ1n) is 5.06. The lowest BCUT2D eigenvalue weighted by molar-refractivity contribution is -0.131. The molecule has 1 amide bonds. The third-order valence-electron chi connectivity index (χ3n) is 2.34. The van der Waals surface area contributed by atoms with Crippen molar-refractivity contribution in [2.45, 2.75) is 12.5 Å². The van der Waals surface area contributed by atoms with Crippen molar-refractivity contribution in [2.75, 3.05) is 14.2 Å². The van der Waals surface area contributed by atoms with Crippen molar-refractivity contribution in [3.8, 4) is 5.75 Å². The molecular formula is C11H16FN3O2. The molecule has 0 bridgehead atoms. The highest BCUT2D eigenvalue weighted by molar-refractivity contribution is 5.81. The molecule has 0 radical (unpaired) electrons. The molecule has 1 aromatic carbocycles. The van der Waals surface area contributed by atoms with Crippen LogP contribution in [0.25, 0.3) is 0 Å². The second-order valence-corrected chi connectivity index (χ2v) is 3.73. The topological polar surface area (TPSA) is 81.6 Å². The number of carbonyl (C=O) groups excluding carboxylic acids is 1. The molecule has 1 unspecified atom stereocenters. The number of amides is 1. The molecule has 0 aliphatic rings. The molecule has 0 fully saturated rings. The maximum absolute atomic E-state index is 13.4. The van der Waals surface area contributed by atoms with E-state index in [2.05, 4.69) is 0 Å². The molecule has 0 aromatic heterocycles. The highest BCUT2D eigenvalue weighted by atomic mass is 19.1. The lowest BCUT2D eigenvalue weighted by atomic mass is 10.1. The number of rotatable bonds is 4. The van der Waals surface area contributed by atoms with Crippen LogP contribution in [0.5, 0.6) is 5.75 Å². The summed E-state index contributed by atoms with van der Waals surface area (Å²) in [5.74, 6) is 4.55. The minimum Gasteiger partial charge on any atom is -0.494 e. The highest BCUT2D eigenvalue weighted by Gasteiger charge is 2.17. The molecule has 6 heteroatoms. The van der Waals surface area contributed by atoms with E-state index >= 15 is 0 Å². The smallest absolute Gasteiger partial charge is 0.253 e. The Balaban J connectivity index is 2.75. The highest BCUT2D eigenvalue weighted by Crippen LogP contribution is 2.18. The maximum atomic E-state index is 13.4. The van der Waals surface area contributed by atoms with Crippen molar-refractivity contribution >= 4 is 5.91 Å². The number of methoxy groups -OCH3 is 1. The summed E-state index contributed by atoms with van der Waals surface area (Å²) >= 11 is 0. The molecule has 1 atom stereocenters. The normalized spacial score (nSPS) is 12.1. The molecular weight excluding hydrogens is 225 g/mol. The standard InChI is InChI=1S/C11H16FN3O2/c1-15(14)11(16)9(13)6-7-3-4-10(17-2)8(12)5-7/h3-5,9H,6,13-14H2,1-2H3. The van der Waals surface area contributed by atoms with Crippen molar-refractivity contribution in [3.05, 3.63) is 29.6 Å². The summed E-state index contributed by atoms with van der Waals surface area (Å²) in [5, 5.41) is 0.921. The predicted octanol–water partition coefficient (Wildman–Crippen LogP) is 0.0362. The van der Waals surface area contributed by atoms with Crippen LogP contribution in [-0.2, 0) is 11.2 Å². The second-order valence-electron chi connectivity index (χ2n) is 3.73. The Morgan fingerprint density at radius 3 is 2.71 bits per heavy atom. The quantitative estimate of drug-likeness (QED) is 0.443. The number of nitrogens with two attached hydrogens (primary N) is 2. The zero-order chi connectivity index (χ0) is 13.0. The summed E-state index contributed by atoms with van der Waals surface area (Å²) in [6, 6.07) is 3.67. The van der Waals surface area contributed by atoms with Crippen LogP contribution in [-0.4, -0.2) is 31.1 Å². The van der Waals surface area contributed by atoms with Crippen LogP contribution in [0, 0.1) is 5.82 Å². The van der Waals surface area contributed by atoms with Crippen LogP contribution >= 0.6 is 0 Å². The first-order chi connectivity index (χ1) is 7.95. The van der Waals surface area contributed by atoms with Crippen LogP contribution in [0.4, 0.5) is 4.39 Å². The molecule has 0 aliphatic carbocycles. The van der Waals surface area contributed by atoms with Gasteiger partial charge < -0.3 is 10.5 Å². The Morgan fingerprint density at radius 1 is 1.59 bits per heavy atom. The third-order valence-corrected chi connectivity index (χ3v) is 2.34. The van der Waals surface area contributed by atoms with Crippen molar-refractivity contribution in [1.82, 2.24) is 5.01 Å². The van der Waals surface area contributed by atoms with Gasteiger partial charge in [0.2, 0.25) is 0 Å². The van der Waals surface area contributed by atoms with Gasteiger partial charge in [-0.1, -0.05) is 6.07 Å². The Bertz CT molecular complexity index is 410.